The highest BCUT2D eigenvalue weighted by molar-refractivity contribution is 5.82. The molecule has 3 rings (SSSR count). The van der Waals surface area contributed by atoms with E-state index in [0.29, 0.717) is 18.3 Å². The van der Waals surface area contributed by atoms with Gasteiger partial charge >= 0.3 is 12.1 Å². The van der Waals surface area contributed by atoms with Crippen LogP contribution in [0.15, 0.2) is 78.9 Å². The fourth-order valence-electron chi connectivity index (χ4n) is 3.16. The van der Waals surface area contributed by atoms with E-state index in [1.807, 2.05) is 42.5 Å². The fourth-order valence-corrected chi connectivity index (χ4v) is 3.16. The number of esters is 1. The molecule has 0 saturated carbocycles. The predicted molar refractivity (Wildman–Crippen MR) is 133 cm³/mol. The second-order valence-electron chi connectivity index (χ2n) is 8.48. The van der Waals surface area contributed by atoms with Crippen molar-refractivity contribution in [3.05, 3.63) is 100 Å². The first-order chi connectivity index (χ1) is 17.3. The van der Waals surface area contributed by atoms with Crippen LogP contribution in [0.4, 0.5) is 10.5 Å². The molecule has 3 aromatic carbocycles. The Hall–Kier alpha value is -4.40. The van der Waals surface area contributed by atoms with Gasteiger partial charge in [0.1, 0.15) is 24.1 Å². The van der Waals surface area contributed by atoms with E-state index in [-0.39, 0.29) is 24.5 Å². The van der Waals surface area contributed by atoms with Gasteiger partial charge in [0.15, 0.2) is 0 Å². The molecule has 0 aliphatic rings. The van der Waals surface area contributed by atoms with Crippen LogP contribution in [0.1, 0.15) is 25.0 Å². The Morgan fingerprint density at radius 2 is 1.53 bits per heavy atom. The molecule has 1 atom stereocenters. The van der Waals surface area contributed by atoms with Crippen LogP contribution in [-0.4, -0.2) is 29.6 Å². The Morgan fingerprint density at radius 3 is 2.14 bits per heavy atom. The lowest BCUT2D eigenvalue weighted by Gasteiger charge is -2.18. The average Bonchev–Trinajstić information content (AvgIpc) is 2.87. The first-order valence-electron chi connectivity index (χ1n) is 11.4. The number of nitro groups is 1. The molecule has 3 aromatic rings. The fraction of sp³-hybridized carbons (Fsp3) is 0.259. The van der Waals surface area contributed by atoms with Crippen molar-refractivity contribution in [1.82, 2.24) is 5.32 Å². The molecule has 9 heteroatoms. The van der Waals surface area contributed by atoms with Crippen molar-refractivity contribution in [3.63, 3.8) is 0 Å². The number of ether oxygens (including phenoxy) is 3. The standard InChI is InChI=1S/C27H28N2O7/c1-19(2)17-34-23-12-8-20(9-13-23)16-25(26(30)35-18-21-6-4-3-5-7-21)28-27(31)36-24-14-10-22(11-15-24)29(32)33/h3-15,19,25H,16-18H2,1-2H3,(H,28,31)/t25-/m0/s1. The first-order valence-corrected chi connectivity index (χ1v) is 11.4. The van der Waals surface area contributed by atoms with Crippen LogP contribution in [0.25, 0.3) is 0 Å². The Labute approximate surface area is 209 Å². The first kappa shape index (κ1) is 26.2. The van der Waals surface area contributed by atoms with E-state index in [9.17, 15) is 19.7 Å². The van der Waals surface area contributed by atoms with Gasteiger partial charge < -0.3 is 19.5 Å². The van der Waals surface area contributed by atoms with E-state index in [2.05, 4.69) is 19.2 Å². The Bertz CT molecular complexity index is 1150. The molecule has 1 amide bonds. The zero-order valence-corrected chi connectivity index (χ0v) is 20.1. The number of nitrogens with one attached hydrogen (secondary N) is 1. The zero-order valence-electron chi connectivity index (χ0n) is 20.1. The van der Waals surface area contributed by atoms with Crippen LogP contribution >= 0.6 is 0 Å². The number of nitro benzene ring substituents is 1. The van der Waals surface area contributed by atoms with Crippen LogP contribution in [-0.2, 0) is 22.6 Å². The zero-order chi connectivity index (χ0) is 25.9. The van der Waals surface area contributed by atoms with Crippen molar-refractivity contribution in [2.24, 2.45) is 5.92 Å². The molecular weight excluding hydrogens is 464 g/mol. The topological polar surface area (TPSA) is 117 Å². The van der Waals surface area contributed by atoms with Crippen LogP contribution in [0.2, 0.25) is 0 Å². The summed E-state index contributed by atoms with van der Waals surface area (Å²) in [5.74, 6) is 0.571. The van der Waals surface area contributed by atoms with Crippen LogP contribution in [0.3, 0.4) is 0 Å². The third-order valence-electron chi connectivity index (χ3n) is 5.01. The van der Waals surface area contributed by atoms with Gasteiger partial charge in [-0.25, -0.2) is 9.59 Å². The molecule has 0 unspecified atom stereocenters. The van der Waals surface area contributed by atoms with Gasteiger partial charge in [-0.15, -0.1) is 0 Å². The van der Waals surface area contributed by atoms with E-state index in [1.165, 1.54) is 24.3 Å². The van der Waals surface area contributed by atoms with Gasteiger partial charge in [-0.1, -0.05) is 56.3 Å². The van der Waals surface area contributed by atoms with Crippen molar-refractivity contribution in [1.29, 1.82) is 0 Å². The number of hydrogen-bond acceptors (Lipinski definition) is 7. The van der Waals surface area contributed by atoms with Crippen molar-refractivity contribution in [3.8, 4) is 11.5 Å². The molecular formula is C27H28N2O7. The lowest BCUT2D eigenvalue weighted by Crippen LogP contribution is -2.44. The number of amides is 1. The maximum absolute atomic E-state index is 12.9. The Morgan fingerprint density at radius 1 is 0.889 bits per heavy atom. The highest BCUT2D eigenvalue weighted by atomic mass is 16.6. The lowest BCUT2D eigenvalue weighted by atomic mass is 10.1. The lowest BCUT2D eigenvalue weighted by molar-refractivity contribution is -0.384. The largest absolute Gasteiger partial charge is 0.493 e. The Kier molecular flexibility index (Phi) is 9.39. The van der Waals surface area contributed by atoms with Gasteiger partial charge in [-0.3, -0.25) is 10.1 Å². The molecule has 0 saturated heterocycles. The van der Waals surface area contributed by atoms with E-state index < -0.39 is 23.0 Å². The second-order valence-corrected chi connectivity index (χ2v) is 8.48. The summed E-state index contributed by atoms with van der Waals surface area (Å²) >= 11 is 0. The third-order valence-corrected chi connectivity index (χ3v) is 5.01. The summed E-state index contributed by atoms with van der Waals surface area (Å²) in [4.78, 5) is 35.7. The van der Waals surface area contributed by atoms with E-state index in [4.69, 9.17) is 14.2 Å². The number of carbonyl (C=O) groups excluding carboxylic acids is 2. The van der Waals surface area contributed by atoms with E-state index in [1.54, 1.807) is 12.1 Å². The minimum atomic E-state index is -1.03. The molecule has 1 N–H and O–H groups in total. The van der Waals surface area contributed by atoms with Crippen LogP contribution in [0.5, 0.6) is 11.5 Å². The molecule has 188 valence electrons. The smallest absolute Gasteiger partial charge is 0.413 e. The normalized spacial score (nSPS) is 11.4. The van der Waals surface area contributed by atoms with Gasteiger partial charge in [-0.05, 0) is 41.3 Å². The number of rotatable bonds is 11. The molecule has 0 radical (unpaired) electrons. The van der Waals surface area contributed by atoms with Crippen molar-refractivity contribution in [2.45, 2.75) is 32.9 Å². The van der Waals surface area contributed by atoms with Crippen LogP contribution < -0.4 is 14.8 Å². The summed E-state index contributed by atoms with van der Waals surface area (Å²) in [5.41, 5.74) is 1.46. The van der Waals surface area contributed by atoms with E-state index >= 15 is 0 Å². The summed E-state index contributed by atoms with van der Waals surface area (Å²) in [6.45, 7) is 4.75. The van der Waals surface area contributed by atoms with Gasteiger partial charge in [0.25, 0.3) is 5.69 Å². The molecule has 0 bridgehead atoms. The number of non-ortho nitro benzene ring substituents is 1. The highest BCUT2D eigenvalue weighted by Crippen LogP contribution is 2.18. The summed E-state index contributed by atoms with van der Waals surface area (Å²) < 4.78 is 16.3. The summed E-state index contributed by atoms with van der Waals surface area (Å²) in [6.07, 6.45) is -0.727. The van der Waals surface area contributed by atoms with Gasteiger partial charge in [0.2, 0.25) is 0 Å². The van der Waals surface area contributed by atoms with Crippen molar-refractivity contribution >= 4 is 17.7 Å². The maximum atomic E-state index is 12.9. The molecule has 0 heterocycles. The number of nitrogens with zero attached hydrogens (tertiary/aromatic N) is 1. The van der Waals surface area contributed by atoms with Gasteiger partial charge in [-0.2, -0.15) is 0 Å². The molecule has 0 aliphatic heterocycles. The quantitative estimate of drug-likeness (QED) is 0.225. The van der Waals surface area contributed by atoms with Crippen molar-refractivity contribution in [2.75, 3.05) is 6.61 Å². The Balaban J connectivity index is 1.67. The second kappa shape index (κ2) is 12.9. The number of benzene rings is 3. The van der Waals surface area contributed by atoms with Gasteiger partial charge in [0.05, 0.1) is 11.5 Å². The molecule has 0 aromatic heterocycles. The van der Waals surface area contributed by atoms with E-state index in [0.717, 1.165) is 11.1 Å². The minimum absolute atomic E-state index is 0.0528. The SMILES string of the molecule is CC(C)COc1ccc(C[C@H](NC(=O)Oc2ccc([N+](=O)[O-])cc2)C(=O)OCc2ccccc2)cc1. The highest BCUT2D eigenvalue weighted by Gasteiger charge is 2.24. The maximum Gasteiger partial charge on any atom is 0.413 e. The minimum Gasteiger partial charge on any atom is -0.493 e. The monoisotopic (exact) mass is 492 g/mol. The summed E-state index contributed by atoms with van der Waals surface area (Å²) in [6, 6.07) is 20.4. The number of hydrogen-bond donors (Lipinski definition) is 1. The molecule has 0 fully saturated rings. The predicted octanol–water partition coefficient (Wildman–Crippen LogP) is 5.07. The molecule has 0 aliphatic carbocycles. The molecule has 0 spiro atoms. The average molecular weight is 493 g/mol. The molecule has 36 heavy (non-hydrogen) atoms. The number of carbonyl (C=O) groups is 2. The third kappa shape index (κ3) is 8.43. The van der Waals surface area contributed by atoms with Gasteiger partial charge in [0, 0.05) is 18.6 Å². The summed E-state index contributed by atoms with van der Waals surface area (Å²) in [5, 5.41) is 13.3. The van der Waals surface area contributed by atoms with Crippen molar-refractivity contribution < 1.29 is 28.7 Å². The summed E-state index contributed by atoms with van der Waals surface area (Å²) in [7, 11) is 0. The van der Waals surface area contributed by atoms with Crippen LogP contribution in [0, 0.1) is 16.0 Å². The molecule has 9 nitrogen and oxygen atoms in total.